The third-order valence-electron chi connectivity index (χ3n) is 1.65. The maximum Gasteiger partial charge on any atom is 0.247 e. The molecule has 0 unspecified atom stereocenters. The van der Waals surface area contributed by atoms with Gasteiger partial charge in [0.1, 0.15) is 5.01 Å². The van der Waals surface area contributed by atoms with Gasteiger partial charge in [0.2, 0.25) is 5.56 Å². The Morgan fingerprint density at radius 3 is 2.85 bits per heavy atom. The van der Waals surface area contributed by atoms with Gasteiger partial charge in [-0.3, -0.25) is 4.79 Å². The quantitative estimate of drug-likeness (QED) is 0.749. The van der Waals surface area contributed by atoms with E-state index in [0.717, 1.165) is 16.3 Å². The van der Waals surface area contributed by atoms with E-state index in [9.17, 15) is 4.79 Å². The number of nitrogens with zero attached hydrogens (tertiary/aromatic N) is 1. The van der Waals surface area contributed by atoms with Gasteiger partial charge in [-0.05, 0) is 13.0 Å². The summed E-state index contributed by atoms with van der Waals surface area (Å²) in [5, 5.41) is 2.93. The van der Waals surface area contributed by atoms with Gasteiger partial charge in [0.15, 0.2) is 0 Å². The minimum atomic E-state index is -0.0861. The molecule has 0 spiro atoms. The highest BCUT2D eigenvalue weighted by molar-refractivity contribution is 7.13. The molecule has 4 heteroatoms. The second-order valence-electron chi connectivity index (χ2n) is 2.74. The first-order chi connectivity index (χ1) is 6.25. The molecule has 0 amide bonds. The molecule has 0 saturated heterocycles. The number of nitrogens with one attached hydrogen (secondary N) is 1. The number of rotatable bonds is 1. The Labute approximate surface area is 79.1 Å². The van der Waals surface area contributed by atoms with Crippen molar-refractivity contribution < 1.29 is 0 Å². The van der Waals surface area contributed by atoms with Gasteiger partial charge in [0.05, 0.1) is 0 Å². The maximum atomic E-state index is 10.8. The monoisotopic (exact) mass is 192 g/mol. The number of hydrogen-bond acceptors (Lipinski definition) is 3. The van der Waals surface area contributed by atoms with Crippen LogP contribution in [0.2, 0.25) is 0 Å². The highest BCUT2D eigenvalue weighted by atomic mass is 32.1. The molecule has 1 N–H and O–H groups in total. The van der Waals surface area contributed by atoms with Crippen molar-refractivity contribution in [2.45, 2.75) is 6.92 Å². The topological polar surface area (TPSA) is 45.8 Å². The Morgan fingerprint density at radius 1 is 1.46 bits per heavy atom. The van der Waals surface area contributed by atoms with Crippen molar-refractivity contribution in [3.63, 3.8) is 0 Å². The average molecular weight is 192 g/mol. The predicted molar refractivity (Wildman–Crippen MR) is 52.9 cm³/mol. The lowest BCUT2D eigenvalue weighted by Gasteiger charge is -1.92. The molecule has 0 bridgehead atoms. The molecule has 0 fully saturated rings. The van der Waals surface area contributed by atoms with Crippen molar-refractivity contribution in [3.8, 4) is 10.6 Å². The molecular weight excluding hydrogens is 184 g/mol. The number of pyridine rings is 1. The summed E-state index contributed by atoms with van der Waals surface area (Å²) in [4.78, 5) is 17.7. The summed E-state index contributed by atoms with van der Waals surface area (Å²) in [6.45, 7) is 1.95. The van der Waals surface area contributed by atoms with E-state index in [-0.39, 0.29) is 5.56 Å². The number of H-pyrrole nitrogens is 1. The van der Waals surface area contributed by atoms with Crippen LogP contribution in [0.1, 0.15) is 5.69 Å². The second kappa shape index (κ2) is 3.14. The van der Waals surface area contributed by atoms with Gasteiger partial charge in [0.25, 0.3) is 0 Å². The van der Waals surface area contributed by atoms with Gasteiger partial charge in [-0.1, -0.05) is 0 Å². The van der Waals surface area contributed by atoms with E-state index in [1.54, 1.807) is 23.6 Å². The number of aryl methyl sites for hydroxylation is 1. The van der Waals surface area contributed by atoms with Crippen LogP contribution in [-0.4, -0.2) is 9.97 Å². The summed E-state index contributed by atoms with van der Waals surface area (Å²) in [6, 6.07) is 3.28. The number of hydrogen-bond donors (Lipinski definition) is 1. The Morgan fingerprint density at radius 2 is 2.31 bits per heavy atom. The first kappa shape index (κ1) is 8.19. The fourth-order valence-corrected chi connectivity index (χ4v) is 1.82. The molecule has 13 heavy (non-hydrogen) atoms. The number of aromatic nitrogens is 2. The largest absolute Gasteiger partial charge is 0.328 e. The second-order valence-corrected chi connectivity index (χ2v) is 3.59. The van der Waals surface area contributed by atoms with Crippen molar-refractivity contribution in [3.05, 3.63) is 39.8 Å². The van der Waals surface area contributed by atoms with E-state index in [1.807, 2.05) is 12.3 Å². The van der Waals surface area contributed by atoms with Gasteiger partial charge in [-0.2, -0.15) is 0 Å². The van der Waals surface area contributed by atoms with Gasteiger partial charge >= 0.3 is 0 Å². The molecule has 66 valence electrons. The predicted octanol–water partition coefficient (Wildman–Crippen LogP) is 1.81. The molecule has 0 radical (unpaired) electrons. The van der Waals surface area contributed by atoms with E-state index < -0.39 is 0 Å². The van der Waals surface area contributed by atoms with E-state index in [0.29, 0.717) is 0 Å². The molecule has 0 aliphatic heterocycles. The molecule has 0 atom stereocenters. The van der Waals surface area contributed by atoms with Crippen LogP contribution in [0.5, 0.6) is 0 Å². The van der Waals surface area contributed by atoms with Crippen molar-refractivity contribution in [1.82, 2.24) is 9.97 Å². The summed E-state index contributed by atoms with van der Waals surface area (Å²) < 4.78 is 0. The lowest BCUT2D eigenvalue weighted by atomic mass is 10.3. The van der Waals surface area contributed by atoms with E-state index >= 15 is 0 Å². The normalized spacial score (nSPS) is 10.2. The van der Waals surface area contributed by atoms with Crippen molar-refractivity contribution in [2.24, 2.45) is 0 Å². The summed E-state index contributed by atoms with van der Waals surface area (Å²) >= 11 is 1.58. The van der Waals surface area contributed by atoms with Crippen LogP contribution in [0, 0.1) is 6.92 Å². The van der Waals surface area contributed by atoms with E-state index in [1.165, 1.54) is 6.07 Å². The van der Waals surface area contributed by atoms with Crippen LogP contribution in [0.15, 0.2) is 28.5 Å². The molecule has 0 saturated carbocycles. The zero-order valence-corrected chi connectivity index (χ0v) is 7.89. The van der Waals surface area contributed by atoms with Gasteiger partial charge in [-0.15, -0.1) is 11.3 Å². The lowest BCUT2D eigenvalue weighted by molar-refractivity contribution is 1.22. The van der Waals surface area contributed by atoms with Crippen molar-refractivity contribution >= 4 is 11.3 Å². The Bertz CT molecular complexity index is 452. The van der Waals surface area contributed by atoms with Crippen LogP contribution in [0.3, 0.4) is 0 Å². The minimum Gasteiger partial charge on any atom is -0.328 e. The third kappa shape index (κ3) is 1.67. The average Bonchev–Trinajstić information content (AvgIpc) is 2.53. The standard InChI is InChI=1S/C9H8N2OS/c1-6-5-13-9(11-6)7-2-3-8(12)10-4-7/h2-5H,1H3,(H,10,12). The summed E-state index contributed by atoms with van der Waals surface area (Å²) in [5.74, 6) is 0. The highest BCUT2D eigenvalue weighted by Gasteiger charge is 2.00. The molecule has 2 rings (SSSR count). The molecule has 0 aliphatic carbocycles. The zero-order chi connectivity index (χ0) is 9.26. The molecule has 2 aromatic rings. The van der Waals surface area contributed by atoms with Gasteiger partial charge in [0, 0.05) is 28.9 Å². The first-order valence-electron chi connectivity index (χ1n) is 3.87. The summed E-state index contributed by atoms with van der Waals surface area (Å²) in [6.07, 6.45) is 1.68. The molecule has 2 heterocycles. The molecule has 2 aromatic heterocycles. The van der Waals surface area contributed by atoms with Gasteiger partial charge in [-0.25, -0.2) is 4.98 Å². The Hall–Kier alpha value is -1.42. The number of thiazole rings is 1. The summed E-state index contributed by atoms with van der Waals surface area (Å²) in [7, 11) is 0. The van der Waals surface area contributed by atoms with E-state index in [2.05, 4.69) is 9.97 Å². The Kier molecular flexibility index (Phi) is 1.98. The fraction of sp³-hybridized carbons (Fsp3) is 0.111. The fourth-order valence-electron chi connectivity index (χ4n) is 1.03. The molecule has 0 aromatic carbocycles. The van der Waals surface area contributed by atoms with Crippen LogP contribution in [-0.2, 0) is 0 Å². The van der Waals surface area contributed by atoms with Crippen LogP contribution >= 0.6 is 11.3 Å². The molecule has 3 nitrogen and oxygen atoms in total. The van der Waals surface area contributed by atoms with Crippen molar-refractivity contribution in [1.29, 1.82) is 0 Å². The zero-order valence-electron chi connectivity index (χ0n) is 7.07. The van der Waals surface area contributed by atoms with Gasteiger partial charge < -0.3 is 4.98 Å². The van der Waals surface area contributed by atoms with Crippen LogP contribution in [0.4, 0.5) is 0 Å². The smallest absolute Gasteiger partial charge is 0.247 e. The molecular formula is C9H8N2OS. The minimum absolute atomic E-state index is 0.0861. The SMILES string of the molecule is Cc1csc(-c2ccc(=O)[nH]c2)n1. The van der Waals surface area contributed by atoms with Crippen molar-refractivity contribution in [2.75, 3.05) is 0 Å². The van der Waals surface area contributed by atoms with Crippen LogP contribution in [0.25, 0.3) is 10.6 Å². The third-order valence-corrected chi connectivity index (χ3v) is 2.66. The summed E-state index contributed by atoms with van der Waals surface area (Å²) in [5.41, 5.74) is 1.88. The lowest BCUT2D eigenvalue weighted by Crippen LogP contribution is -2.01. The number of aromatic amines is 1. The van der Waals surface area contributed by atoms with E-state index in [4.69, 9.17) is 0 Å². The highest BCUT2D eigenvalue weighted by Crippen LogP contribution is 2.21. The maximum absolute atomic E-state index is 10.8. The van der Waals surface area contributed by atoms with Crippen LogP contribution < -0.4 is 5.56 Å². The molecule has 0 aliphatic rings. The first-order valence-corrected chi connectivity index (χ1v) is 4.75. The Balaban J connectivity index is 2.47.